The molecule has 1 fully saturated rings. The van der Waals surface area contributed by atoms with Crippen LogP contribution in [0.15, 0.2) is 36.4 Å². The maximum atomic E-state index is 12.9. The van der Waals surface area contributed by atoms with Gasteiger partial charge in [0.05, 0.1) is 5.69 Å². The number of carbonyl (C=O) groups excluding carboxylic acids is 2. The number of aryl methyl sites for hydroxylation is 1. The van der Waals surface area contributed by atoms with Crippen molar-refractivity contribution in [2.45, 2.75) is 19.3 Å². The van der Waals surface area contributed by atoms with Gasteiger partial charge in [-0.1, -0.05) is 0 Å². The van der Waals surface area contributed by atoms with Crippen LogP contribution in [0.4, 0.5) is 17.1 Å². The number of anilines is 3. The number of rotatable bonds is 3. The number of benzene rings is 2. The molecule has 5 rings (SSSR count). The number of nitrogens with one attached hydrogen (secondary N) is 1. The molecule has 0 saturated carbocycles. The Morgan fingerprint density at radius 2 is 1.59 bits per heavy atom. The van der Waals surface area contributed by atoms with Crippen LogP contribution < -0.4 is 15.1 Å². The Balaban J connectivity index is 1.30. The van der Waals surface area contributed by atoms with Crippen molar-refractivity contribution in [3.05, 3.63) is 53.1 Å². The molecule has 0 bridgehead atoms. The highest BCUT2D eigenvalue weighted by Gasteiger charge is 2.32. The quantitative estimate of drug-likeness (QED) is 0.875. The van der Waals surface area contributed by atoms with Crippen molar-refractivity contribution >= 4 is 28.9 Å². The number of hydrogen-bond acceptors (Lipinski definition) is 4. The third-order valence-electron chi connectivity index (χ3n) is 6.31. The zero-order chi connectivity index (χ0) is 20.0. The number of nitrogens with zero attached hydrogens (tertiary/aromatic N) is 3. The molecule has 3 aliphatic heterocycles. The molecule has 3 heterocycles. The van der Waals surface area contributed by atoms with E-state index in [-0.39, 0.29) is 11.8 Å². The van der Waals surface area contributed by atoms with E-state index in [4.69, 9.17) is 0 Å². The zero-order valence-corrected chi connectivity index (χ0v) is 16.8. The summed E-state index contributed by atoms with van der Waals surface area (Å²) in [5.74, 6) is 0.112. The maximum Gasteiger partial charge on any atom is 0.255 e. The second-order valence-electron chi connectivity index (χ2n) is 8.23. The highest BCUT2D eigenvalue weighted by Crippen LogP contribution is 2.37. The largest absolute Gasteiger partial charge is 0.369 e. The smallest absolute Gasteiger partial charge is 0.255 e. The van der Waals surface area contributed by atoms with Crippen LogP contribution in [0.2, 0.25) is 0 Å². The molecule has 2 aromatic carbocycles. The fourth-order valence-corrected chi connectivity index (χ4v) is 4.61. The summed E-state index contributed by atoms with van der Waals surface area (Å²) in [5, 5.41) is 3.03. The average molecular weight is 390 g/mol. The molecule has 6 heteroatoms. The summed E-state index contributed by atoms with van der Waals surface area (Å²) in [6.45, 7) is 4.93. The van der Waals surface area contributed by atoms with Gasteiger partial charge < -0.3 is 20.0 Å². The Bertz CT molecular complexity index is 962. The topological polar surface area (TPSA) is 55.9 Å². The molecule has 2 aromatic rings. The van der Waals surface area contributed by atoms with Crippen molar-refractivity contribution in [1.29, 1.82) is 0 Å². The minimum absolute atomic E-state index is 0.0910. The van der Waals surface area contributed by atoms with Crippen LogP contribution in [-0.4, -0.2) is 56.5 Å². The maximum absolute atomic E-state index is 12.9. The van der Waals surface area contributed by atoms with E-state index in [0.29, 0.717) is 12.0 Å². The van der Waals surface area contributed by atoms with Crippen molar-refractivity contribution in [3.8, 4) is 0 Å². The fourth-order valence-electron chi connectivity index (χ4n) is 4.61. The highest BCUT2D eigenvalue weighted by atomic mass is 16.2. The third kappa shape index (κ3) is 3.38. The van der Waals surface area contributed by atoms with Crippen LogP contribution in [0, 0.1) is 0 Å². The molecule has 0 atom stereocenters. The summed E-state index contributed by atoms with van der Waals surface area (Å²) in [4.78, 5) is 31.5. The number of likely N-dealkylation sites (N-methyl/N-ethyl adjacent to an activating group) is 1. The lowest BCUT2D eigenvalue weighted by Crippen LogP contribution is -2.44. The van der Waals surface area contributed by atoms with Crippen LogP contribution in [0.25, 0.3) is 0 Å². The first-order valence-electron chi connectivity index (χ1n) is 10.4. The molecule has 0 unspecified atom stereocenters. The van der Waals surface area contributed by atoms with Crippen LogP contribution >= 0.6 is 0 Å². The van der Waals surface area contributed by atoms with Crippen LogP contribution in [0.5, 0.6) is 0 Å². The van der Waals surface area contributed by atoms with E-state index in [2.05, 4.69) is 34.3 Å². The van der Waals surface area contributed by atoms with E-state index in [0.717, 1.165) is 68.1 Å². The molecule has 3 aliphatic rings. The summed E-state index contributed by atoms with van der Waals surface area (Å²) in [6, 6.07) is 12.0. The van der Waals surface area contributed by atoms with Gasteiger partial charge in [-0.2, -0.15) is 0 Å². The summed E-state index contributed by atoms with van der Waals surface area (Å²) < 4.78 is 0. The Kier molecular flexibility index (Phi) is 4.51. The Morgan fingerprint density at radius 3 is 2.31 bits per heavy atom. The zero-order valence-electron chi connectivity index (χ0n) is 16.8. The molecule has 0 aromatic heterocycles. The van der Waals surface area contributed by atoms with Gasteiger partial charge >= 0.3 is 0 Å². The Hall–Kier alpha value is -2.86. The van der Waals surface area contributed by atoms with E-state index in [9.17, 15) is 9.59 Å². The van der Waals surface area contributed by atoms with Gasteiger partial charge in [-0.15, -0.1) is 0 Å². The number of hydrogen-bond donors (Lipinski definition) is 1. The lowest BCUT2D eigenvalue weighted by Gasteiger charge is -2.34. The van der Waals surface area contributed by atoms with Crippen LogP contribution in [0.1, 0.15) is 27.9 Å². The van der Waals surface area contributed by atoms with Gasteiger partial charge in [-0.25, -0.2) is 0 Å². The molecular formula is C23H26N4O2. The first-order chi connectivity index (χ1) is 14.1. The molecule has 0 spiro atoms. The Labute approximate surface area is 171 Å². The number of amides is 2. The van der Waals surface area contributed by atoms with Crippen molar-refractivity contribution in [1.82, 2.24) is 4.90 Å². The molecule has 0 aliphatic carbocycles. The third-order valence-corrected chi connectivity index (χ3v) is 6.31. The van der Waals surface area contributed by atoms with Gasteiger partial charge in [0.1, 0.15) is 0 Å². The standard InChI is InChI=1S/C23H26N4O2/c1-25-10-12-26(13-11-25)20-5-3-19(4-6-20)24-23(29)18-14-16-2-7-21(28)27-9-8-17(15-18)22(16)27/h3-6,14-15H,2,7-13H2,1H3,(H,24,29). The molecular weight excluding hydrogens is 364 g/mol. The predicted octanol–water partition coefficient (Wildman–Crippen LogP) is 2.53. The summed E-state index contributed by atoms with van der Waals surface area (Å²) in [6.07, 6.45) is 2.08. The van der Waals surface area contributed by atoms with Crippen molar-refractivity contribution in [2.24, 2.45) is 0 Å². The van der Waals surface area contributed by atoms with Gasteiger partial charge in [0, 0.05) is 56.1 Å². The van der Waals surface area contributed by atoms with Gasteiger partial charge in [0.2, 0.25) is 5.91 Å². The first kappa shape index (κ1) is 18.2. The summed E-state index contributed by atoms with van der Waals surface area (Å²) >= 11 is 0. The lowest BCUT2D eigenvalue weighted by atomic mass is 9.96. The highest BCUT2D eigenvalue weighted by molar-refractivity contribution is 6.06. The van der Waals surface area contributed by atoms with E-state index in [1.807, 2.05) is 29.2 Å². The molecule has 150 valence electrons. The van der Waals surface area contributed by atoms with E-state index < -0.39 is 0 Å². The predicted molar refractivity (Wildman–Crippen MR) is 115 cm³/mol. The average Bonchev–Trinajstić information content (AvgIpc) is 3.17. The Morgan fingerprint density at radius 1 is 0.897 bits per heavy atom. The fraction of sp³-hybridized carbons (Fsp3) is 0.391. The first-order valence-corrected chi connectivity index (χ1v) is 10.4. The van der Waals surface area contributed by atoms with Crippen LogP contribution in [0.3, 0.4) is 0 Å². The van der Waals surface area contributed by atoms with Gasteiger partial charge in [0.15, 0.2) is 0 Å². The van der Waals surface area contributed by atoms with Crippen molar-refractivity contribution in [2.75, 3.05) is 54.9 Å². The monoisotopic (exact) mass is 390 g/mol. The normalized spacial score (nSPS) is 18.7. The van der Waals surface area contributed by atoms with Crippen molar-refractivity contribution in [3.63, 3.8) is 0 Å². The van der Waals surface area contributed by atoms with Crippen molar-refractivity contribution < 1.29 is 9.59 Å². The molecule has 0 radical (unpaired) electrons. The summed E-state index contributed by atoms with van der Waals surface area (Å²) in [7, 11) is 2.15. The lowest BCUT2D eigenvalue weighted by molar-refractivity contribution is -0.118. The second-order valence-corrected chi connectivity index (χ2v) is 8.23. The number of carbonyl (C=O) groups is 2. The van der Waals surface area contributed by atoms with Gasteiger partial charge in [0.25, 0.3) is 5.91 Å². The minimum Gasteiger partial charge on any atom is -0.369 e. The summed E-state index contributed by atoms with van der Waals surface area (Å²) in [5.41, 5.74) is 5.97. The molecule has 1 saturated heterocycles. The van der Waals surface area contributed by atoms with E-state index in [1.165, 1.54) is 5.69 Å². The van der Waals surface area contributed by atoms with Gasteiger partial charge in [-0.05, 0) is 67.4 Å². The SMILES string of the molecule is CN1CCN(c2ccc(NC(=O)c3cc4c5c(c3)CCN5C(=O)CC4)cc2)CC1. The van der Waals surface area contributed by atoms with E-state index >= 15 is 0 Å². The van der Waals surface area contributed by atoms with Crippen LogP contribution in [-0.2, 0) is 17.6 Å². The molecule has 1 N–H and O–H groups in total. The molecule has 6 nitrogen and oxygen atoms in total. The molecule has 29 heavy (non-hydrogen) atoms. The second kappa shape index (κ2) is 7.19. The van der Waals surface area contributed by atoms with Gasteiger partial charge in [-0.3, -0.25) is 9.59 Å². The minimum atomic E-state index is -0.0910. The number of piperazine rings is 1. The van der Waals surface area contributed by atoms with E-state index in [1.54, 1.807) is 0 Å². The molecule has 2 amide bonds.